The Morgan fingerprint density at radius 2 is 1.73 bits per heavy atom. The van der Waals surface area contributed by atoms with Crippen molar-refractivity contribution in [3.8, 4) is 10.4 Å². The summed E-state index contributed by atoms with van der Waals surface area (Å²) < 4.78 is 28.6. The molecule has 9 heteroatoms. The molecule has 0 aliphatic carbocycles. The average Bonchev–Trinajstić information content (AvgIpc) is 3.36. The van der Waals surface area contributed by atoms with Gasteiger partial charge < -0.3 is 4.90 Å². The highest BCUT2D eigenvalue weighted by atomic mass is 32.2. The number of nitrogens with one attached hydrogen (secondary N) is 1. The number of benzene rings is 3. The van der Waals surface area contributed by atoms with Crippen molar-refractivity contribution in [3.63, 3.8) is 0 Å². The molecule has 2 aromatic heterocycles. The molecule has 3 aromatic carbocycles. The predicted molar refractivity (Wildman–Crippen MR) is 145 cm³/mol. The van der Waals surface area contributed by atoms with Crippen molar-refractivity contribution in [2.75, 3.05) is 11.9 Å². The van der Waals surface area contributed by atoms with E-state index in [-0.39, 0.29) is 15.5 Å². The molecule has 37 heavy (non-hydrogen) atoms. The molecule has 186 valence electrons. The van der Waals surface area contributed by atoms with Crippen LogP contribution < -0.4 is 10.4 Å². The number of aromatic nitrogens is 1. The van der Waals surface area contributed by atoms with Gasteiger partial charge in [0.15, 0.2) is 5.03 Å². The van der Waals surface area contributed by atoms with E-state index in [2.05, 4.69) is 23.2 Å². The molecule has 0 atom stereocenters. The first-order valence-corrected chi connectivity index (χ1v) is 13.7. The maximum absolute atomic E-state index is 13.7. The molecule has 0 unspecified atom stereocenters. The number of carbonyl (C=O) groups is 1. The summed E-state index contributed by atoms with van der Waals surface area (Å²) in [6.07, 6.45) is 1.43. The lowest BCUT2D eigenvalue weighted by Crippen LogP contribution is -2.24. The number of fused-ring (bicyclic) bond motifs is 1. The standard InChI is InChI=1S/C28H23N3O4S2/c1-18-7-5-9-22(27(32)30-33)26(18)31(2)23-10-6-16-29-28(23)37(34,35)21-14-12-19(13-15-21)25-17-20-8-3-4-11-24(20)36-25/h3-17,33H,1-2H3,(H,30,32). The maximum atomic E-state index is 13.7. The fourth-order valence-corrected chi connectivity index (χ4v) is 6.81. The van der Waals surface area contributed by atoms with Gasteiger partial charge >= 0.3 is 0 Å². The van der Waals surface area contributed by atoms with Crippen molar-refractivity contribution in [1.29, 1.82) is 0 Å². The van der Waals surface area contributed by atoms with E-state index in [1.54, 1.807) is 90.3 Å². The fraction of sp³-hybridized carbons (Fsp3) is 0.0714. The van der Waals surface area contributed by atoms with Crippen molar-refractivity contribution >= 4 is 48.5 Å². The van der Waals surface area contributed by atoms with Gasteiger partial charge in [-0.1, -0.05) is 42.5 Å². The quantitative estimate of drug-likeness (QED) is 0.207. The molecule has 0 radical (unpaired) electrons. The highest BCUT2D eigenvalue weighted by molar-refractivity contribution is 7.91. The van der Waals surface area contributed by atoms with Crippen LogP contribution in [-0.4, -0.2) is 31.6 Å². The molecule has 2 N–H and O–H groups in total. The van der Waals surface area contributed by atoms with Crippen molar-refractivity contribution < 1.29 is 18.4 Å². The average molecular weight is 530 g/mol. The molecular weight excluding hydrogens is 506 g/mol. The summed E-state index contributed by atoms with van der Waals surface area (Å²) in [6, 6.07) is 25.3. The predicted octanol–water partition coefficient (Wildman–Crippen LogP) is 5.99. The second kappa shape index (κ2) is 9.78. The smallest absolute Gasteiger partial charge is 0.276 e. The van der Waals surface area contributed by atoms with Gasteiger partial charge in [-0.15, -0.1) is 11.3 Å². The molecule has 0 aliphatic heterocycles. The number of rotatable bonds is 6. The first-order valence-electron chi connectivity index (χ1n) is 11.4. The Kier molecular flexibility index (Phi) is 6.51. The van der Waals surface area contributed by atoms with Crippen LogP contribution in [0.5, 0.6) is 0 Å². The number of aryl methyl sites for hydroxylation is 1. The second-order valence-corrected chi connectivity index (χ2v) is 11.4. The molecule has 0 bridgehead atoms. The zero-order valence-corrected chi connectivity index (χ0v) is 21.7. The normalized spacial score (nSPS) is 11.4. The summed E-state index contributed by atoms with van der Waals surface area (Å²) in [5.41, 5.74) is 4.27. The lowest BCUT2D eigenvalue weighted by atomic mass is 10.1. The molecule has 0 saturated heterocycles. The topological polar surface area (TPSA) is 99.6 Å². The molecule has 0 fully saturated rings. The summed E-state index contributed by atoms with van der Waals surface area (Å²) in [6.45, 7) is 1.80. The third kappa shape index (κ3) is 4.48. The van der Waals surface area contributed by atoms with Crippen LogP contribution in [0.25, 0.3) is 20.5 Å². The van der Waals surface area contributed by atoms with E-state index in [0.717, 1.165) is 21.4 Å². The molecule has 0 spiro atoms. The summed E-state index contributed by atoms with van der Waals surface area (Å²) >= 11 is 1.65. The zero-order chi connectivity index (χ0) is 26.2. The molecule has 5 aromatic rings. The summed E-state index contributed by atoms with van der Waals surface area (Å²) in [5, 5.41) is 10.2. The number of hydrogen-bond acceptors (Lipinski definition) is 7. The van der Waals surface area contributed by atoms with Crippen molar-refractivity contribution in [2.24, 2.45) is 0 Å². The molecule has 2 heterocycles. The molecule has 7 nitrogen and oxygen atoms in total. The molecule has 5 rings (SSSR count). The Morgan fingerprint density at radius 1 is 0.973 bits per heavy atom. The van der Waals surface area contributed by atoms with E-state index in [1.807, 2.05) is 12.1 Å². The highest BCUT2D eigenvalue weighted by Gasteiger charge is 2.27. The van der Waals surface area contributed by atoms with Gasteiger partial charge in [0.25, 0.3) is 5.91 Å². The minimum absolute atomic E-state index is 0.115. The lowest BCUT2D eigenvalue weighted by Gasteiger charge is -2.25. The molecular formula is C28H23N3O4S2. The Balaban J connectivity index is 1.54. The van der Waals surface area contributed by atoms with Crippen molar-refractivity contribution in [1.82, 2.24) is 10.5 Å². The van der Waals surface area contributed by atoms with Gasteiger partial charge in [-0.05, 0) is 65.9 Å². The first-order chi connectivity index (χ1) is 17.8. The monoisotopic (exact) mass is 529 g/mol. The van der Waals surface area contributed by atoms with Crippen LogP contribution in [0, 0.1) is 6.92 Å². The number of para-hydroxylation sites is 1. The van der Waals surface area contributed by atoms with Crippen LogP contribution in [0.4, 0.5) is 11.4 Å². The maximum Gasteiger partial charge on any atom is 0.276 e. The van der Waals surface area contributed by atoms with Crippen molar-refractivity contribution in [3.05, 3.63) is 102 Å². The molecule has 0 saturated carbocycles. The Hall–Kier alpha value is -4.05. The fourth-order valence-electron chi connectivity index (χ4n) is 4.35. The van der Waals surface area contributed by atoms with E-state index in [0.29, 0.717) is 11.4 Å². The number of sulfone groups is 1. The van der Waals surface area contributed by atoms with Gasteiger partial charge in [0.1, 0.15) is 0 Å². The van der Waals surface area contributed by atoms with Crippen LogP contribution in [0.3, 0.4) is 0 Å². The minimum atomic E-state index is -4.00. The van der Waals surface area contributed by atoms with Crippen LogP contribution >= 0.6 is 11.3 Å². The first kappa shape index (κ1) is 24.6. The Bertz CT molecular complexity index is 1700. The van der Waals surface area contributed by atoms with Crippen molar-refractivity contribution in [2.45, 2.75) is 16.8 Å². The van der Waals surface area contributed by atoms with Gasteiger partial charge in [-0.2, -0.15) is 0 Å². The van der Waals surface area contributed by atoms with Crippen LogP contribution in [0.2, 0.25) is 0 Å². The number of nitrogens with zero attached hydrogens (tertiary/aromatic N) is 2. The number of anilines is 2. The van der Waals surface area contributed by atoms with Gasteiger partial charge in [-0.3, -0.25) is 10.0 Å². The zero-order valence-electron chi connectivity index (χ0n) is 20.0. The van der Waals surface area contributed by atoms with E-state index in [9.17, 15) is 18.4 Å². The summed E-state index contributed by atoms with van der Waals surface area (Å²) in [7, 11) is -2.33. The lowest BCUT2D eigenvalue weighted by molar-refractivity contribution is 0.0707. The summed E-state index contributed by atoms with van der Waals surface area (Å²) in [4.78, 5) is 19.3. The number of carbonyl (C=O) groups excluding carboxylic acids is 1. The van der Waals surface area contributed by atoms with E-state index < -0.39 is 15.7 Å². The highest BCUT2D eigenvalue weighted by Crippen LogP contribution is 2.37. The van der Waals surface area contributed by atoms with E-state index in [1.165, 1.54) is 10.9 Å². The Morgan fingerprint density at radius 3 is 2.46 bits per heavy atom. The Labute approximate surface area is 218 Å². The molecule has 0 aliphatic rings. The third-order valence-electron chi connectivity index (χ3n) is 6.16. The number of amides is 1. The second-order valence-electron chi connectivity index (χ2n) is 8.47. The van der Waals surface area contributed by atoms with Gasteiger partial charge in [0.05, 0.1) is 21.8 Å². The van der Waals surface area contributed by atoms with Crippen LogP contribution in [-0.2, 0) is 9.84 Å². The molecule has 1 amide bonds. The van der Waals surface area contributed by atoms with Gasteiger partial charge in [0.2, 0.25) is 9.84 Å². The third-order valence-corrected chi connectivity index (χ3v) is 9.04. The van der Waals surface area contributed by atoms with E-state index >= 15 is 0 Å². The van der Waals surface area contributed by atoms with E-state index in [4.69, 9.17) is 0 Å². The number of hydroxylamine groups is 1. The van der Waals surface area contributed by atoms with Crippen LogP contribution in [0.1, 0.15) is 15.9 Å². The number of hydrogen-bond donors (Lipinski definition) is 2. The SMILES string of the molecule is Cc1cccc(C(=O)NO)c1N(C)c1cccnc1S(=O)(=O)c1ccc(-c2cc3ccccc3s2)cc1. The number of thiophene rings is 1. The largest absolute Gasteiger partial charge is 0.341 e. The minimum Gasteiger partial charge on any atom is -0.341 e. The van der Waals surface area contributed by atoms with Gasteiger partial charge in [0, 0.05) is 22.8 Å². The number of pyridine rings is 1. The summed E-state index contributed by atoms with van der Waals surface area (Å²) in [5.74, 6) is -0.698. The van der Waals surface area contributed by atoms with Gasteiger partial charge in [-0.25, -0.2) is 18.9 Å². The van der Waals surface area contributed by atoms with Crippen LogP contribution in [0.15, 0.2) is 101 Å².